The molecule has 0 bridgehead atoms. The van der Waals surface area contributed by atoms with E-state index in [0.717, 1.165) is 23.7 Å². The number of anilines is 1. The zero-order chi connectivity index (χ0) is 14.0. The molecule has 0 spiro atoms. The van der Waals surface area contributed by atoms with Crippen molar-refractivity contribution in [2.24, 2.45) is 0 Å². The first-order valence-corrected chi connectivity index (χ1v) is 5.89. The van der Waals surface area contributed by atoms with Crippen LogP contribution in [0.15, 0.2) is 18.2 Å². The summed E-state index contributed by atoms with van der Waals surface area (Å²) in [5.41, 5.74) is 0.164. The first-order chi connectivity index (χ1) is 8.99. The molecule has 0 saturated carbocycles. The van der Waals surface area contributed by atoms with Crippen molar-refractivity contribution >= 4 is 29.1 Å². The number of hydrogen-bond donors (Lipinski definition) is 2. The van der Waals surface area contributed by atoms with Crippen molar-refractivity contribution in [3.05, 3.63) is 40.2 Å². The predicted octanol–water partition coefficient (Wildman–Crippen LogP) is 1.94. The highest BCUT2D eigenvalue weighted by Crippen LogP contribution is 2.17. The maximum absolute atomic E-state index is 13.2. The Morgan fingerprint density at radius 1 is 1.42 bits per heavy atom. The van der Waals surface area contributed by atoms with Crippen molar-refractivity contribution < 1.29 is 19.1 Å². The number of nitrogens with one attached hydrogen (secondary N) is 1. The monoisotopic (exact) mass is 281 g/mol. The third-order valence-electron chi connectivity index (χ3n) is 2.31. The summed E-state index contributed by atoms with van der Waals surface area (Å²) in [6, 6.07) is 3.32. The molecule has 0 fully saturated rings. The number of rotatable bonds is 3. The van der Waals surface area contributed by atoms with Crippen LogP contribution in [-0.2, 0) is 0 Å². The molecule has 0 atom stereocenters. The molecule has 98 valence electrons. The lowest BCUT2D eigenvalue weighted by molar-refractivity contribution is 0.0691. The molecule has 0 aliphatic carbocycles. The van der Waals surface area contributed by atoms with Crippen LogP contribution >= 0.6 is 11.5 Å². The smallest absolute Gasteiger partial charge is 0.338 e. The van der Waals surface area contributed by atoms with Crippen molar-refractivity contribution in [1.29, 1.82) is 0 Å². The summed E-state index contributed by atoms with van der Waals surface area (Å²) in [6.45, 7) is 1.63. The number of halogens is 1. The second kappa shape index (κ2) is 5.11. The third-order valence-corrected chi connectivity index (χ3v) is 3.14. The number of aromatic nitrogens is 2. The van der Waals surface area contributed by atoms with Crippen LogP contribution in [0.3, 0.4) is 0 Å². The second-order valence-corrected chi connectivity index (χ2v) is 4.40. The van der Waals surface area contributed by atoms with Crippen LogP contribution in [0.1, 0.15) is 25.7 Å². The molecule has 2 N–H and O–H groups in total. The number of hydrogen-bond acceptors (Lipinski definition) is 5. The van der Waals surface area contributed by atoms with Crippen molar-refractivity contribution in [3.63, 3.8) is 0 Å². The zero-order valence-electron chi connectivity index (χ0n) is 9.68. The number of carbonyl (C=O) groups excluding carboxylic acids is 1. The number of nitrogens with zero attached hydrogens (tertiary/aromatic N) is 2. The molecule has 1 aromatic carbocycles. The van der Waals surface area contributed by atoms with Gasteiger partial charge < -0.3 is 10.4 Å². The van der Waals surface area contributed by atoms with Crippen molar-refractivity contribution in [2.45, 2.75) is 6.92 Å². The maximum atomic E-state index is 13.2. The molecule has 1 aromatic heterocycles. The lowest BCUT2D eigenvalue weighted by Crippen LogP contribution is -2.12. The predicted molar refractivity (Wildman–Crippen MR) is 66.0 cm³/mol. The summed E-state index contributed by atoms with van der Waals surface area (Å²) < 4.78 is 16.8. The quantitative estimate of drug-likeness (QED) is 0.896. The van der Waals surface area contributed by atoms with Gasteiger partial charge in [0.1, 0.15) is 10.7 Å². The van der Waals surface area contributed by atoms with E-state index in [1.807, 2.05) is 0 Å². The molecule has 1 heterocycles. The normalized spacial score (nSPS) is 10.2. The maximum Gasteiger partial charge on any atom is 0.338 e. The Morgan fingerprint density at radius 3 is 2.74 bits per heavy atom. The van der Waals surface area contributed by atoms with Crippen LogP contribution in [0, 0.1) is 12.7 Å². The van der Waals surface area contributed by atoms with Gasteiger partial charge in [-0.3, -0.25) is 4.79 Å². The Morgan fingerprint density at radius 2 is 2.16 bits per heavy atom. The molecule has 2 rings (SSSR count). The topological polar surface area (TPSA) is 92.2 Å². The van der Waals surface area contributed by atoms with Gasteiger partial charge in [0.2, 0.25) is 0 Å². The van der Waals surface area contributed by atoms with E-state index in [9.17, 15) is 14.0 Å². The molecule has 0 saturated heterocycles. The Bertz CT molecular complexity index is 656. The first kappa shape index (κ1) is 13.1. The summed E-state index contributed by atoms with van der Waals surface area (Å²) >= 11 is 0.927. The molecular formula is C11H8FN3O3S. The van der Waals surface area contributed by atoms with Crippen LogP contribution in [0.4, 0.5) is 10.1 Å². The standard InChI is InChI=1S/C11H8FN3O3S/c1-5-9(19-15-14-5)10(16)13-6-2-3-8(12)7(4-6)11(17)18/h2-4H,1H3,(H,13,16)(H,17,18). The van der Waals surface area contributed by atoms with Gasteiger partial charge in [0.05, 0.1) is 11.3 Å². The van der Waals surface area contributed by atoms with Crippen molar-refractivity contribution in [1.82, 2.24) is 9.59 Å². The molecular weight excluding hydrogens is 273 g/mol. The molecule has 1 amide bonds. The Labute approximate surface area is 111 Å². The number of amides is 1. The number of carboxylic acids is 1. The molecule has 0 unspecified atom stereocenters. The van der Waals surface area contributed by atoms with Crippen LogP contribution in [0.25, 0.3) is 0 Å². The molecule has 0 aliphatic rings. The van der Waals surface area contributed by atoms with E-state index in [4.69, 9.17) is 5.11 Å². The second-order valence-electron chi connectivity index (χ2n) is 3.64. The van der Waals surface area contributed by atoms with Gasteiger partial charge in [-0.05, 0) is 36.7 Å². The van der Waals surface area contributed by atoms with E-state index in [2.05, 4.69) is 14.9 Å². The minimum absolute atomic E-state index is 0.191. The summed E-state index contributed by atoms with van der Waals surface area (Å²) in [4.78, 5) is 22.9. The molecule has 6 nitrogen and oxygen atoms in total. The highest BCUT2D eigenvalue weighted by atomic mass is 32.1. The van der Waals surface area contributed by atoms with Gasteiger partial charge in [-0.1, -0.05) is 4.49 Å². The fourth-order valence-corrected chi connectivity index (χ4v) is 1.95. The third kappa shape index (κ3) is 2.74. The molecule has 19 heavy (non-hydrogen) atoms. The zero-order valence-corrected chi connectivity index (χ0v) is 10.5. The van der Waals surface area contributed by atoms with E-state index in [-0.39, 0.29) is 5.69 Å². The average molecular weight is 281 g/mol. The number of benzene rings is 1. The molecule has 0 aliphatic heterocycles. The fraction of sp³-hybridized carbons (Fsp3) is 0.0909. The van der Waals surface area contributed by atoms with E-state index >= 15 is 0 Å². The molecule has 0 radical (unpaired) electrons. The van der Waals surface area contributed by atoms with Crippen molar-refractivity contribution in [2.75, 3.05) is 5.32 Å². The summed E-state index contributed by atoms with van der Waals surface area (Å²) in [6.07, 6.45) is 0. The first-order valence-electron chi connectivity index (χ1n) is 5.12. The largest absolute Gasteiger partial charge is 0.478 e. The summed E-state index contributed by atoms with van der Waals surface area (Å²) in [7, 11) is 0. The highest BCUT2D eigenvalue weighted by Gasteiger charge is 2.15. The van der Waals surface area contributed by atoms with Gasteiger partial charge in [0, 0.05) is 5.69 Å². The SMILES string of the molecule is Cc1nnsc1C(=O)Nc1ccc(F)c(C(=O)O)c1. The average Bonchev–Trinajstić information content (AvgIpc) is 2.77. The van der Waals surface area contributed by atoms with Crippen LogP contribution in [0.2, 0.25) is 0 Å². The van der Waals surface area contributed by atoms with Crippen LogP contribution in [0.5, 0.6) is 0 Å². The molecule has 2 aromatic rings. The fourth-order valence-electron chi connectivity index (χ4n) is 1.39. The van der Waals surface area contributed by atoms with E-state index in [1.165, 1.54) is 6.07 Å². The number of aromatic carboxylic acids is 1. The van der Waals surface area contributed by atoms with Gasteiger partial charge in [-0.25, -0.2) is 9.18 Å². The molecule has 8 heteroatoms. The highest BCUT2D eigenvalue weighted by molar-refractivity contribution is 7.08. The minimum atomic E-state index is -1.40. The van der Waals surface area contributed by atoms with Gasteiger partial charge in [-0.15, -0.1) is 5.10 Å². The van der Waals surface area contributed by atoms with Crippen molar-refractivity contribution in [3.8, 4) is 0 Å². The van der Waals surface area contributed by atoms with Crippen LogP contribution < -0.4 is 5.32 Å². The Hall–Kier alpha value is -2.35. The lowest BCUT2D eigenvalue weighted by atomic mass is 10.2. The number of carboxylic acid groups (broad SMARTS) is 1. The Kier molecular flexibility index (Phi) is 3.52. The van der Waals surface area contributed by atoms with Gasteiger partial charge in [-0.2, -0.15) is 0 Å². The van der Waals surface area contributed by atoms with E-state index < -0.39 is 23.3 Å². The summed E-state index contributed by atoms with van der Waals surface area (Å²) in [5, 5.41) is 14.9. The number of carbonyl (C=O) groups is 2. The van der Waals surface area contributed by atoms with Gasteiger partial charge in [0.15, 0.2) is 0 Å². The van der Waals surface area contributed by atoms with E-state index in [1.54, 1.807) is 6.92 Å². The van der Waals surface area contributed by atoms with Crippen LogP contribution in [-0.4, -0.2) is 26.6 Å². The minimum Gasteiger partial charge on any atom is -0.478 e. The summed E-state index contributed by atoms with van der Waals surface area (Å²) in [5.74, 6) is -2.72. The lowest BCUT2D eigenvalue weighted by Gasteiger charge is -2.05. The Balaban J connectivity index is 2.25. The number of aryl methyl sites for hydroxylation is 1. The van der Waals surface area contributed by atoms with E-state index in [0.29, 0.717) is 10.6 Å². The van der Waals surface area contributed by atoms with Gasteiger partial charge >= 0.3 is 5.97 Å². The van der Waals surface area contributed by atoms with Gasteiger partial charge in [0.25, 0.3) is 5.91 Å².